The van der Waals surface area contributed by atoms with Crippen molar-refractivity contribution in [1.82, 2.24) is 9.55 Å². The quantitative estimate of drug-likeness (QED) is 0.926. The predicted octanol–water partition coefficient (Wildman–Crippen LogP) is 2.75. The molecule has 3 rings (SSSR count). The van der Waals surface area contributed by atoms with Gasteiger partial charge in [0, 0.05) is 5.02 Å². The van der Waals surface area contributed by atoms with Crippen LogP contribution < -0.4 is 5.56 Å². The number of nitrogens with zero attached hydrogens (tertiary/aromatic N) is 2. The van der Waals surface area contributed by atoms with Gasteiger partial charge in [0.15, 0.2) is 0 Å². The van der Waals surface area contributed by atoms with Crippen LogP contribution in [0.15, 0.2) is 29.3 Å². The maximum absolute atomic E-state index is 12.4. The van der Waals surface area contributed by atoms with Crippen LogP contribution in [0, 0.1) is 0 Å². The first-order chi connectivity index (χ1) is 9.57. The van der Waals surface area contributed by atoms with E-state index < -0.39 is 5.60 Å². The molecule has 1 N–H and O–H groups in total. The summed E-state index contributed by atoms with van der Waals surface area (Å²) in [6.07, 6.45) is 6.18. The van der Waals surface area contributed by atoms with Gasteiger partial charge >= 0.3 is 0 Å². The van der Waals surface area contributed by atoms with Crippen LogP contribution >= 0.6 is 11.6 Å². The minimum absolute atomic E-state index is 0.142. The number of hydrogen-bond donors (Lipinski definition) is 1. The summed E-state index contributed by atoms with van der Waals surface area (Å²) in [6.45, 7) is 0.307. The summed E-state index contributed by atoms with van der Waals surface area (Å²) in [5, 5.41) is 11.6. The van der Waals surface area contributed by atoms with E-state index in [1.54, 1.807) is 18.2 Å². The van der Waals surface area contributed by atoms with Crippen LogP contribution in [0.25, 0.3) is 10.9 Å². The van der Waals surface area contributed by atoms with Crippen molar-refractivity contribution >= 4 is 22.5 Å². The second-order valence-electron chi connectivity index (χ2n) is 5.62. The fourth-order valence-electron chi connectivity index (χ4n) is 2.93. The highest BCUT2D eigenvalue weighted by molar-refractivity contribution is 6.31. The second kappa shape index (κ2) is 5.19. The van der Waals surface area contributed by atoms with Crippen LogP contribution in [0.5, 0.6) is 0 Å². The molecule has 1 aromatic carbocycles. The molecule has 0 aliphatic heterocycles. The molecule has 1 aromatic heterocycles. The molecule has 1 aliphatic rings. The van der Waals surface area contributed by atoms with Gasteiger partial charge in [-0.2, -0.15) is 0 Å². The number of halogens is 1. The molecular weight excluding hydrogens is 276 g/mol. The van der Waals surface area contributed by atoms with E-state index in [0.717, 1.165) is 32.1 Å². The smallest absolute Gasteiger partial charge is 0.261 e. The Morgan fingerprint density at radius 2 is 2.05 bits per heavy atom. The highest BCUT2D eigenvalue weighted by Gasteiger charge is 2.30. The van der Waals surface area contributed by atoms with Gasteiger partial charge in [-0.05, 0) is 31.0 Å². The average Bonchev–Trinajstić information content (AvgIpc) is 2.43. The third kappa shape index (κ3) is 2.58. The molecule has 4 nitrogen and oxygen atoms in total. The number of rotatable bonds is 2. The standard InChI is InChI=1S/C15H17ClN2O2/c16-11-4-5-13-12(8-11)14(19)18(10-17-13)9-15(20)6-2-1-3-7-15/h4-5,8,10,20H,1-3,6-7,9H2. The van der Waals surface area contributed by atoms with Gasteiger partial charge in [-0.15, -0.1) is 0 Å². The van der Waals surface area contributed by atoms with Crippen molar-refractivity contribution in [1.29, 1.82) is 0 Å². The molecule has 2 aromatic rings. The summed E-state index contributed by atoms with van der Waals surface area (Å²) in [4.78, 5) is 16.7. The maximum atomic E-state index is 12.4. The molecule has 0 radical (unpaired) electrons. The SMILES string of the molecule is O=c1c2cc(Cl)ccc2ncn1CC1(O)CCCCC1. The number of aromatic nitrogens is 2. The fraction of sp³-hybridized carbons (Fsp3) is 0.467. The zero-order valence-corrected chi connectivity index (χ0v) is 11.9. The lowest BCUT2D eigenvalue weighted by molar-refractivity contribution is -0.0123. The molecule has 0 spiro atoms. The van der Waals surface area contributed by atoms with E-state index in [2.05, 4.69) is 4.98 Å². The van der Waals surface area contributed by atoms with E-state index in [9.17, 15) is 9.90 Å². The first-order valence-corrected chi connectivity index (χ1v) is 7.32. The van der Waals surface area contributed by atoms with E-state index in [0.29, 0.717) is 22.5 Å². The van der Waals surface area contributed by atoms with Crippen molar-refractivity contribution in [2.45, 2.75) is 44.2 Å². The topological polar surface area (TPSA) is 55.1 Å². The third-order valence-electron chi connectivity index (χ3n) is 4.04. The summed E-state index contributed by atoms with van der Waals surface area (Å²) < 4.78 is 1.50. The fourth-order valence-corrected chi connectivity index (χ4v) is 3.10. The van der Waals surface area contributed by atoms with Crippen LogP contribution in [0.2, 0.25) is 5.02 Å². The minimum atomic E-state index is -0.782. The molecule has 1 fully saturated rings. The monoisotopic (exact) mass is 292 g/mol. The van der Waals surface area contributed by atoms with E-state index in [4.69, 9.17) is 11.6 Å². The number of hydrogen-bond acceptors (Lipinski definition) is 3. The van der Waals surface area contributed by atoms with Gasteiger partial charge in [0.05, 0.1) is 29.4 Å². The van der Waals surface area contributed by atoms with E-state index >= 15 is 0 Å². The Bertz CT molecular complexity index is 690. The van der Waals surface area contributed by atoms with Gasteiger partial charge in [-0.3, -0.25) is 9.36 Å². The summed E-state index contributed by atoms with van der Waals surface area (Å²) in [7, 11) is 0. The lowest BCUT2D eigenvalue weighted by atomic mass is 9.85. The highest BCUT2D eigenvalue weighted by atomic mass is 35.5. The Balaban J connectivity index is 2.00. The van der Waals surface area contributed by atoms with E-state index in [-0.39, 0.29) is 5.56 Å². The van der Waals surface area contributed by atoms with Gasteiger partial charge in [-0.1, -0.05) is 30.9 Å². The minimum Gasteiger partial charge on any atom is -0.388 e. The molecule has 0 atom stereocenters. The molecule has 0 unspecified atom stereocenters. The van der Waals surface area contributed by atoms with Crippen molar-refractivity contribution < 1.29 is 5.11 Å². The Labute approximate surface area is 122 Å². The Hall–Kier alpha value is -1.39. The first kappa shape index (κ1) is 13.6. The van der Waals surface area contributed by atoms with Crippen molar-refractivity contribution in [2.75, 3.05) is 0 Å². The number of fused-ring (bicyclic) bond motifs is 1. The first-order valence-electron chi connectivity index (χ1n) is 6.95. The van der Waals surface area contributed by atoms with Crippen molar-refractivity contribution in [2.24, 2.45) is 0 Å². The van der Waals surface area contributed by atoms with Crippen LogP contribution in [0.1, 0.15) is 32.1 Å². The van der Waals surface area contributed by atoms with E-state index in [1.165, 1.54) is 10.9 Å². The largest absolute Gasteiger partial charge is 0.388 e. The Morgan fingerprint density at radius 3 is 2.80 bits per heavy atom. The summed E-state index contributed by atoms with van der Waals surface area (Å²) in [5.74, 6) is 0. The molecule has 1 saturated carbocycles. The Kier molecular flexibility index (Phi) is 3.52. The molecule has 1 heterocycles. The maximum Gasteiger partial charge on any atom is 0.261 e. The van der Waals surface area contributed by atoms with Gasteiger partial charge in [0.25, 0.3) is 5.56 Å². The van der Waals surface area contributed by atoms with Crippen LogP contribution in [0.4, 0.5) is 0 Å². The van der Waals surface area contributed by atoms with Crippen LogP contribution in [0.3, 0.4) is 0 Å². The molecule has 0 saturated heterocycles. The molecule has 106 valence electrons. The lowest BCUT2D eigenvalue weighted by Gasteiger charge is -2.32. The molecule has 1 aliphatic carbocycles. The summed E-state index contributed by atoms with van der Waals surface area (Å²) >= 11 is 5.94. The average molecular weight is 293 g/mol. The normalized spacial score (nSPS) is 18.3. The zero-order chi connectivity index (χ0) is 14.2. The van der Waals surface area contributed by atoms with Gasteiger partial charge < -0.3 is 5.11 Å². The lowest BCUT2D eigenvalue weighted by Crippen LogP contribution is -2.39. The third-order valence-corrected chi connectivity index (χ3v) is 4.27. The highest BCUT2D eigenvalue weighted by Crippen LogP contribution is 2.29. The summed E-state index contributed by atoms with van der Waals surface area (Å²) in [6, 6.07) is 5.09. The van der Waals surface area contributed by atoms with Gasteiger partial charge in [0.1, 0.15) is 0 Å². The Morgan fingerprint density at radius 1 is 1.30 bits per heavy atom. The molecule has 0 bridgehead atoms. The predicted molar refractivity (Wildman–Crippen MR) is 79.0 cm³/mol. The zero-order valence-electron chi connectivity index (χ0n) is 11.2. The van der Waals surface area contributed by atoms with Gasteiger partial charge in [-0.25, -0.2) is 4.98 Å². The van der Waals surface area contributed by atoms with Crippen molar-refractivity contribution in [3.05, 3.63) is 39.9 Å². The molecule has 0 amide bonds. The van der Waals surface area contributed by atoms with E-state index in [1.807, 2.05) is 0 Å². The van der Waals surface area contributed by atoms with Crippen molar-refractivity contribution in [3.8, 4) is 0 Å². The van der Waals surface area contributed by atoms with Crippen molar-refractivity contribution in [3.63, 3.8) is 0 Å². The molecular formula is C15H17ClN2O2. The molecule has 5 heteroatoms. The van der Waals surface area contributed by atoms with Crippen LogP contribution in [-0.2, 0) is 6.54 Å². The van der Waals surface area contributed by atoms with Crippen LogP contribution in [-0.4, -0.2) is 20.3 Å². The number of benzene rings is 1. The number of aliphatic hydroxyl groups is 1. The molecule has 20 heavy (non-hydrogen) atoms. The summed E-state index contributed by atoms with van der Waals surface area (Å²) in [5.41, 5.74) is -0.293. The van der Waals surface area contributed by atoms with Gasteiger partial charge in [0.2, 0.25) is 0 Å². The second-order valence-corrected chi connectivity index (χ2v) is 6.06.